The van der Waals surface area contributed by atoms with E-state index in [4.69, 9.17) is 4.98 Å². The van der Waals surface area contributed by atoms with Gasteiger partial charge in [0.15, 0.2) is 0 Å². The Morgan fingerprint density at radius 1 is 0.925 bits per heavy atom. The van der Waals surface area contributed by atoms with Crippen molar-refractivity contribution in [1.82, 2.24) is 34.3 Å². The summed E-state index contributed by atoms with van der Waals surface area (Å²) in [5, 5.41) is 12.4. The van der Waals surface area contributed by atoms with E-state index in [2.05, 4.69) is 15.0 Å². The molecule has 2 saturated heterocycles. The summed E-state index contributed by atoms with van der Waals surface area (Å²) in [6.45, 7) is 5.50. The zero-order valence-electron chi connectivity index (χ0n) is 29.7. The third kappa shape index (κ3) is 6.80. The second-order valence-corrected chi connectivity index (χ2v) is 15.3. The van der Waals surface area contributed by atoms with Gasteiger partial charge in [0.1, 0.15) is 20.9 Å². The molecule has 270 valence electrons. The molecule has 2 aliphatic rings. The monoisotopic (exact) mass is 727 g/mol. The Morgan fingerprint density at radius 2 is 1.66 bits per heavy atom. The predicted molar refractivity (Wildman–Crippen MR) is 205 cm³/mol. The number of nitrogens with zero attached hydrogens (tertiary/aromatic N) is 6. The van der Waals surface area contributed by atoms with Crippen molar-refractivity contribution >= 4 is 34.2 Å². The Morgan fingerprint density at radius 3 is 2.38 bits per heavy atom. The number of H-pyrrole nitrogens is 1. The lowest BCUT2D eigenvalue weighted by Crippen LogP contribution is -2.53. The van der Waals surface area contributed by atoms with Crippen molar-refractivity contribution in [3.63, 3.8) is 0 Å². The van der Waals surface area contributed by atoms with E-state index in [9.17, 15) is 19.5 Å². The van der Waals surface area contributed by atoms with Crippen LogP contribution in [0.4, 0.5) is 0 Å². The Bertz CT molecular complexity index is 2330. The SMILES string of the molecule is Cc1ccc(-c2nc(C)c(C(=O)N3CC[C@@H](C(=O)N4CCC(O)(Cn5cnc6c(-c7ccccc7)c[nH]c6c5=O)CC4)[C@H](c4ccccc4)C3)s2)cn1. The number of aryl methyl sites for hydroxylation is 2. The Balaban J connectivity index is 0.954. The van der Waals surface area contributed by atoms with E-state index in [1.54, 1.807) is 12.4 Å². The fourth-order valence-electron chi connectivity index (χ4n) is 7.77. The lowest BCUT2D eigenvalue weighted by molar-refractivity contribution is -0.142. The molecule has 8 rings (SSSR count). The summed E-state index contributed by atoms with van der Waals surface area (Å²) >= 11 is 1.38. The fourth-order valence-corrected chi connectivity index (χ4v) is 8.79. The maximum absolute atomic E-state index is 14.3. The summed E-state index contributed by atoms with van der Waals surface area (Å²) in [7, 11) is 0. The highest BCUT2D eigenvalue weighted by Gasteiger charge is 2.42. The van der Waals surface area contributed by atoms with Gasteiger partial charge in [-0.25, -0.2) is 9.97 Å². The van der Waals surface area contributed by atoms with Gasteiger partial charge in [-0.05, 0) is 56.4 Å². The minimum atomic E-state index is -1.17. The average Bonchev–Trinajstić information content (AvgIpc) is 3.80. The maximum atomic E-state index is 14.3. The highest BCUT2D eigenvalue weighted by molar-refractivity contribution is 7.17. The number of thiazole rings is 1. The number of likely N-dealkylation sites (tertiary alicyclic amines) is 2. The van der Waals surface area contributed by atoms with E-state index in [1.165, 1.54) is 22.2 Å². The standard InChI is InChI=1S/C41H41N7O4S/c1-26-13-14-30(21-42-26)37-45-27(2)36(53-37)40(51)47-18-15-31(33(23-47)29-11-7-4-8-12-29)38(49)46-19-16-41(52,17-20-46)24-48-25-44-34-32(22-43-35(34)39(48)50)28-9-5-3-6-10-28/h3-14,21-22,25,31,33,43,52H,15-20,23-24H2,1-2H3/t31-,33+/m1/s1. The molecule has 12 heteroatoms. The lowest BCUT2D eigenvalue weighted by Gasteiger charge is -2.43. The molecule has 0 aliphatic carbocycles. The number of amides is 2. The molecular weight excluding hydrogens is 687 g/mol. The first-order chi connectivity index (χ1) is 25.7. The molecule has 2 atom stereocenters. The molecule has 0 bridgehead atoms. The molecule has 0 saturated carbocycles. The van der Waals surface area contributed by atoms with Crippen LogP contribution in [0.3, 0.4) is 0 Å². The molecule has 2 aliphatic heterocycles. The van der Waals surface area contributed by atoms with Crippen LogP contribution in [0.5, 0.6) is 0 Å². The van der Waals surface area contributed by atoms with Crippen LogP contribution < -0.4 is 5.56 Å². The van der Waals surface area contributed by atoms with Crippen molar-refractivity contribution < 1.29 is 14.7 Å². The predicted octanol–water partition coefficient (Wildman–Crippen LogP) is 5.83. The van der Waals surface area contributed by atoms with Crippen molar-refractivity contribution in [2.45, 2.75) is 51.2 Å². The van der Waals surface area contributed by atoms with Gasteiger partial charge in [0, 0.05) is 67.2 Å². The van der Waals surface area contributed by atoms with Crippen LogP contribution in [0.2, 0.25) is 0 Å². The second-order valence-electron chi connectivity index (χ2n) is 14.3. The summed E-state index contributed by atoms with van der Waals surface area (Å²) < 4.78 is 1.47. The molecule has 2 N–H and O–H groups in total. The third-order valence-corrected chi connectivity index (χ3v) is 12.0. The Kier molecular flexibility index (Phi) is 9.25. The number of carbonyl (C=O) groups is 2. The Labute approximate surface area is 311 Å². The third-order valence-electron chi connectivity index (χ3n) is 10.8. The summed E-state index contributed by atoms with van der Waals surface area (Å²) in [6.07, 6.45) is 6.28. The van der Waals surface area contributed by atoms with Crippen molar-refractivity contribution in [2.75, 3.05) is 26.2 Å². The average molecular weight is 728 g/mol. The smallest absolute Gasteiger partial charge is 0.277 e. The summed E-state index contributed by atoms with van der Waals surface area (Å²) in [6, 6.07) is 23.6. The van der Waals surface area contributed by atoms with Gasteiger partial charge in [-0.1, -0.05) is 60.7 Å². The van der Waals surface area contributed by atoms with Gasteiger partial charge in [0.05, 0.1) is 24.2 Å². The zero-order chi connectivity index (χ0) is 36.7. The van der Waals surface area contributed by atoms with E-state index >= 15 is 0 Å². The van der Waals surface area contributed by atoms with Crippen molar-refractivity contribution in [1.29, 1.82) is 0 Å². The van der Waals surface area contributed by atoms with Crippen LogP contribution in [-0.4, -0.2) is 83.0 Å². The number of pyridine rings is 1. The van der Waals surface area contributed by atoms with Crippen LogP contribution in [0, 0.1) is 19.8 Å². The molecule has 2 fully saturated rings. The second kappa shape index (κ2) is 14.2. The molecule has 11 nitrogen and oxygen atoms in total. The van der Waals surface area contributed by atoms with Crippen LogP contribution in [0.1, 0.15) is 51.8 Å². The summed E-state index contributed by atoms with van der Waals surface area (Å²) in [5.74, 6) is -0.532. The number of aromatic amines is 1. The van der Waals surface area contributed by atoms with E-state index < -0.39 is 5.60 Å². The van der Waals surface area contributed by atoms with Gasteiger partial charge in [-0.2, -0.15) is 0 Å². The topological polar surface area (TPSA) is 137 Å². The number of aliphatic hydroxyl groups is 1. The largest absolute Gasteiger partial charge is 0.388 e. The molecule has 0 radical (unpaired) electrons. The van der Waals surface area contributed by atoms with Gasteiger partial charge in [-0.15, -0.1) is 11.3 Å². The highest BCUT2D eigenvalue weighted by Crippen LogP contribution is 2.37. The summed E-state index contributed by atoms with van der Waals surface area (Å²) in [5.41, 5.74) is 4.90. The van der Waals surface area contributed by atoms with Crippen LogP contribution in [-0.2, 0) is 11.3 Å². The molecule has 53 heavy (non-hydrogen) atoms. The van der Waals surface area contributed by atoms with Crippen molar-refractivity contribution in [3.05, 3.63) is 124 Å². The number of aromatic nitrogens is 5. The zero-order valence-corrected chi connectivity index (χ0v) is 30.6. The number of hydrogen-bond acceptors (Lipinski definition) is 8. The minimum Gasteiger partial charge on any atom is -0.388 e. The lowest BCUT2D eigenvalue weighted by atomic mass is 9.79. The van der Waals surface area contributed by atoms with E-state index in [0.29, 0.717) is 67.0 Å². The molecule has 2 aromatic carbocycles. The van der Waals surface area contributed by atoms with E-state index in [-0.39, 0.29) is 35.8 Å². The van der Waals surface area contributed by atoms with Crippen LogP contribution in [0.25, 0.3) is 32.7 Å². The number of nitrogens with one attached hydrogen (secondary N) is 1. The number of fused-ring (bicyclic) bond motifs is 1. The molecule has 0 spiro atoms. The van der Waals surface area contributed by atoms with Crippen molar-refractivity contribution in [3.8, 4) is 21.7 Å². The molecule has 0 unspecified atom stereocenters. The first-order valence-corrected chi connectivity index (χ1v) is 18.9. The highest BCUT2D eigenvalue weighted by atomic mass is 32.1. The van der Waals surface area contributed by atoms with Crippen LogP contribution >= 0.6 is 11.3 Å². The van der Waals surface area contributed by atoms with Gasteiger partial charge in [-0.3, -0.25) is 23.9 Å². The van der Waals surface area contributed by atoms with Gasteiger partial charge in [0.2, 0.25) is 5.91 Å². The molecule has 6 aromatic rings. The number of benzene rings is 2. The fraction of sp³-hybridized carbons (Fsp3) is 0.317. The molecular formula is C41H41N7O4S. The van der Waals surface area contributed by atoms with Gasteiger partial charge >= 0.3 is 0 Å². The van der Waals surface area contributed by atoms with Crippen LogP contribution in [0.15, 0.2) is 96.3 Å². The maximum Gasteiger partial charge on any atom is 0.277 e. The van der Waals surface area contributed by atoms with Gasteiger partial charge < -0.3 is 19.9 Å². The Hall–Kier alpha value is -5.46. The van der Waals surface area contributed by atoms with E-state index in [0.717, 1.165) is 33.0 Å². The normalized spacial score (nSPS) is 18.7. The van der Waals surface area contributed by atoms with Crippen molar-refractivity contribution in [2.24, 2.45) is 5.92 Å². The minimum absolute atomic E-state index is 0.0382. The molecule has 4 aromatic heterocycles. The number of piperidine rings is 2. The molecule has 6 heterocycles. The molecule has 2 amide bonds. The first kappa shape index (κ1) is 34.6. The first-order valence-electron chi connectivity index (χ1n) is 18.1. The number of carbonyl (C=O) groups excluding carboxylic acids is 2. The van der Waals surface area contributed by atoms with Gasteiger partial charge in [0.25, 0.3) is 11.5 Å². The van der Waals surface area contributed by atoms with E-state index in [1.807, 2.05) is 96.4 Å². The quantitative estimate of drug-likeness (QED) is 0.211. The number of rotatable bonds is 7. The number of hydrogen-bond donors (Lipinski definition) is 2. The summed E-state index contributed by atoms with van der Waals surface area (Å²) in [4.78, 5) is 62.8.